The third kappa shape index (κ3) is 4.41. The summed E-state index contributed by atoms with van der Waals surface area (Å²) in [5.74, 6) is 0. The second kappa shape index (κ2) is 7.40. The normalized spacial score (nSPS) is 18.0. The lowest BCUT2D eigenvalue weighted by molar-refractivity contribution is -0.0129. The van der Waals surface area contributed by atoms with Crippen molar-refractivity contribution >= 4 is 10.1 Å². The van der Waals surface area contributed by atoms with Crippen molar-refractivity contribution in [2.75, 3.05) is 19.8 Å². The van der Waals surface area contributed by atoms with Gasteiger partial charge in [0, 0.05) is 13.2 Å². The average molecular weight is 324 g/mol. The molecule has 0 radical (unpaired) electrons. The summed E-state index contributed by atoms with van der Waals surface area (Å²) in [5, 5.41) is 0. The van der Waals surface area contributed by atoms with Gasteiger partial charge in [0.1, 0.15) is 0 Å². The van der Waals surface area contributed by atoms with Crippen LogP contribution in [-0.2, 0) is 19.0 Å². The van der Waals surface area contributed by atoms with Crippen molar-refractivity contribution < 1.29 is 17.3 Å². The topological polar surface area (TPSA) is 52.6 Å². The van der Waals surface area contributed by atoms with E-state index in [0.717, 1.165) is 31.2 Å². The summed E-state index contributed by atoms with van der Waals surface area (Å²) < 4.78 is 35.4. The average Bonchev–Trinajstić information content (AvgIpc) is 2.53. The molecule has 0 atom stereocenters. The van der Waals surface area contributed by atoms with Gasteiger partial charge in [0.25, 0.3) is 10.1 Å². The minimum absolute atomic E-state index is 0.135. The molecule has 0 bridgehead atoms. The van der Waals surface area contributed by atoms with Gasteiger partial charge in [-0.1, -0.05) is 23.8 Å². The maximum Gasteiger partial charge on any atom is 0.296 e. The van der Waals surface area contributed by atoms with Gasteiger partial charge >= 0.3 is 0 Å². The van der Waals surface area contributed by atoms with Gasteiger partial charge in [-0.25, -0.2) is 0 Å². The second-order valence-electron chi connectivity index (χ2n) is 5.97. The number of aryl methyl sites for hydroxylation is 1. The molecule has 5 heteroatoms. The van der Waals surface area contributed by atoms with Crippen LogP contribution in [0.1, 0.15) is 31.2 Å². The highest BCUT2D eigenvalue weighted by Crippen LogP contribution is 2.36. The van der Waals surface area contributed by atoms with E-state index in [-0.39, 0.29) is 16.9 Å². The van der Waals surface area contributed by atoms with E-state index < -0.39 is 10.1 Å². The van der Waals surface area contributed by atoms with Crippen molar-refractivity contribution in [1.82, 2.24) is 0 Å². The molecule has 1 aliphatic heterocycles. The molecular weight excluding hydrogens is 300 g/mol. The Kier molecular flexibility index (Phi) is 5.78. The fourth-order valence-corrected chi connectivity index (χ4v) is 3.67. The molecule has 2 rings (SSSR count). The number of hydrogen-bond acceptors (Lipinski definition) is 4. The van der Waals surface area contributed by atoms with Gasteiger partial charge in [0.2, 0.25) is 0 Å². The SMILES string of the molecule is C=CCCC1(COS(=O)(=O)c2ccc(C)cc2)CCOCC1. The summed E-state index contributed by atoms with van der Waals surface area (Å²) >= 11 is 0. The molecule has 4 nitrogen and oxygen atoms in total. The Labute approximate surface area is 133 Å². The number of benzene rings is 1. The molecule has 1 saturated heterocycles. The van der Waals surface area contributed by atoms with Crippen molar-refractivity contribution in [3.05, 3.63) is 42.5 Å². The summed E-state index contributed by atoms with van der Waals surface area (Å²) in [6.07, 6.45) is 5.25. The zero-order valence-corrected chi connectivity index (χ0v) is 13.9. The van der Waals surface area contributed by atoms with Crippen LogP contribution in [0.15, 0.2) is 41.8 Å². The Morgan fingerprint density at radius 1 is 1.27 bits per heavy atom. The smallest absolute Gasteiger partial charge is 0.296 e. The van der Waals surface area contributed by atoms with Crippen molar-refractivity contribution in [2.24, 2.45) is 5.41 Å². The molecular formula is C17H24O4S. The van der Waals surface area contributed by atoms with E-state index >= 15 is 0 Å². The highest BCUT2D eigenvalue weighted by atomic mass is 32.2. The predicted molar refractivity (Wildman–Crippen MR) is 86.2 cm³/mol. The first-order valence-electron chi connectivity index (χ1n) is 7.62. The summed E-state index contributed by atoms with van der Waals surface area (Å²) in [5.41, 5.74) is 0.885. The minimum atomic E-state index is -3.71. The molecule has 1 fully saturated rings. The summed E-state index contributed by atoms with van der Waals surface area (Å²) in [4.78, 5) is 0.212. The summed E-state index contributed by atoms with van der Waals surface area (Å²) in [6, 6.07) is 6.73. The van der Waals surface area contributed by atoms with Gasteiger partial charge in [0.15, 0.2) is 0 Å². The molecule has 1 heterocycles. The zero-order chi connectivity index (χ0) is 16.1. The lowest BCUT2D eigenvalue weighted by Crippen LogP contribution is -2.35. The van der Waals surface area contributed by atoms with Crippen LogP contribution in [0.4, 0.5) is 0 Å². The Morgan fingerprint density at radius 3 is 2.50 bits per heavy atom. The Hall–Kier alpha value is -1.17. The summed E-state index contributed by atoms with van der Waals surface area (Å²) in [7, 11) is -3.71. The molecule has 0 spiro atoms. The zero-order valence-electron chi connectivity index (χ0n) is 13.1. The summed E-state index contributed by atoms with van der Waals surface area (Å²) in [6.45, 7) is 7.20. The van der Waals surface area contributed by atoms with Crippen LogP contribution in [-0.4, -0.2) is 28.2 Å². The third-order valence-corrected chi connectivity index (χ3v) is 5.54. The van der Waals surface area contributed by atoms with Crippen LogP contribution in [0.25, 0.3) is 0 Å². The van der Waals surface area contributed by atoms with E-state index in [0.29, 0.717) is 13.2 Å². The quantitative estimate of drug-likeness (QED) is 0.569. The Morgan fingerprint density at radius 2 is 1.91 bits per heavy atom. The molecule has 0 saturated carbocycles. The van der Waals surface area contributed by atoms with Gasteiger partial charge < -0.3 is 4.74 Å². The van der Waals surface area contributed by atoms with E-state index in [1.165, 1.54) is 0 Å². The monoisotopic (exact) mass is 324 g/mol. The molecule has 0 unspecified atom stereocenters. The van der Waals surface area contributed by atoms with Crippen molar-refractivity contribution in [2.45, 2.75) is 37.5 Å². The number of ether oxygens (including phenoxy) is 1. The van der Waals surface area contributed by atoms with Crippen LogP contribution in [0.2, 0.25) is 0 Å². The highest BCUT2D eigenvalue weighted by molar-refractivity contribution is 7.86. The molecule has 122 valence electrons. The van der Waals surface area contributed by atoms with E-state index in [1.807, 2.05) is 13.0 Å². The van der Waals surface area contributed by atoms with Crippen LogP contribution in [0, 0.1) is 12.3 Å². The standard InChI is InChI=1S/C17H24O4S/c1-3-4-9-17(10-12-20-13-11-17)14-21-22(18,19)16-7-5-15(2)6-8-16/h3,5-8H,1,4,9-14H2,2H3. The van der Waals surface area contributed by atoms with Gasteiger partial charge in [-0.3, -0.25) is 4.18 Å². The van der Waals surface area contributed by atoms with Crippen molar-refractivity contribution in [3.63, 3.8) is 0 Å². The lowest BCUT2D eigenvalue weighted by Gasteiger charge is -2.36. The molecule has 0 amide bonds. The van der Waals surface area contributed by atoms with Crippen LogP contribution < -0.4 is 0 Å². The van der Waals surface area contributed by atoms with E-state index in [9.17, 15) is 8.42 Å². The second-order valence-corrected chi connectivity index (χ2v) is 7.58. The predicted octanol–water partition coefficient (Wildman–Crippen LogP) is 3.46. The van der Waals surface area contributed by atoms with Gasteiger partial charge in [-0.15, -0.1) is 6.58 Å². The molecule has 0 N–H and O–H groups in total. The minimum Gasteiger partial charge on any atom is -0.381 e. The molecule has 0 aromatic heterocycles. The highest BCUT2D eigenvalue weighted by Gasteiger charge is 2.34. The van der Waals surface area contributed by atoms with Gasteiger partial charge in [-0.05, 0) is 50.2 Å². The number of rotatable bonds is 7. The van der Waals surface area contributed by atoms with Crippen molar-refractivity contribution in [1.29, 1.82) is 0 Å². The number of allylic oxidation sites excluding steroid dienone is 1. The Balaban J connectivity index is 2.07. The fourth-order valence-electron chi connectivity index (χ4n) is 2.65. The van der Waals surface area contributed by atoms with Crippen LogP contribution in [0.5, 0.6) is 0 Å². The van der Waals surface area contributed by atoms with E-state index in [1.54, 1.807) is 24.3 Å². The third-order valence-electron chi connectivity index (χ3n) is 4.26. The van der Waals surface area contributed by atoms with Crippen LogP contribution >= 0.6 is 0 Å². The fraction of sp³-hybridized carbons (Fsp3) is 0.529. The first kappa shape index (κ1) is 17.2. The lowest BCUT2D eigenvalue weighted by atomic mass is 9.77. The largest absolute Gasteiger partial charge is 0.381 e. The molecule has 22 heavy (non-hydrogen) atoms. The maximum absolute atomic E-state index is 12.3. The van der Waals surface area contributed by atoms with Crippen molar-refractivity contribution in [3.8, 4) is 0 Å². The van der Waals surface area contributed by atoms with Gasteiger partial charge in [-0.2, -0.15) is 8.42 Å². The molecule has 1 aromatic rings. The molecule has 1 aromatic carbocycles. The Bertz CT molecular complexity index is 584. The number of hydrogen-bond donors (Lipinski definition) is 0. The first-order chi connectivity index (χ1) is 10.5. The van der Waals surface area contributed by atoms with Crippen LogP contribution in [0.3, 0.4) is 0 Å². The van der Waals surface area contributed by atoms with Gasteiger partial charge in [0.05, 0.1) is 11.5 Å². The van der Waals surface area contributed by atoms with E-state index in [4.69, 9.17) is 8.92 Å². The first-order valence-corrected chi connectivity index (χ1v) is 9.03. The molecule has 0 aliphatic carbocycles. The van der Waals surface area contributed by atoms with E-state index in [2.05, 4.69) is 6.58 Å². The molecule has 1 aliphatic rings. The maximum atomic E-state index is 12.3.